The van der Waals surface area contributed by atoms with Crippen LogP contribution in [0.25, 0.3) is 10.8 Å². The Hall–Kier alpha value is -3.29. The van der Waals surface area contributed by atoms with Crippen LogP contribution in [0.15, 0.2) is 59.5 Å². The maximum atomic E-state index is 12.5. The van der Waals surface area contributed by atoms with E-state index in [4.69, 9.17) is 0 Å². The van der Waals surface area contributed by atoms with Gasteiger partial charge in [0, 0.05) is 23.5 Å². The molecule has 0 aliphatic heterocycles. The standard InChI is InChI=1S/C18H14F3N3O2/c19-18(20,21)12-6-4-11(5-7-12)10-23-17(26)24-15-3-1-2-14-13(15)8-9-22-16(14)25/h1-9H,10H2,(H,22,25)(H2,23,24,26). The number of pyridine rings is 1. The second-order valence-corrected chi connectivity index (χ2v) is 5.58. The second-order valence-electron chi connectivity index (χ2n) is 5.58. The molecule has 0 aliphatic carbocycles. The third-order valence-electron chi connectivity index (χ3n) is 3.80. The average Bonchev–Trinajstić information content (AvgIpc) is 2.60. The van der Waals surface area contributed by atoms with Crippen molar-refractivity contribution in [2.75, 3.05) is 5.32 Å². The van der Waals surface area contributed by atoms with Gasteiger partial charge in [-0.25, -0.2) is 4.79 Å². The summed E-state index contributed by atoms with van der Waals surface area (Å²) in [6.45, 7) is 0.0648. The number of hydrogen-bond donors (Lipinski definition) is 3. The van der Waals surface area contributed by atoms with E-state index in [1.54, 1.807) is 24.3 Å². The summed E-state index contributed by atoms with van der Waals surface area (Å²) >= 11 is 0. The van der Waals surface area contributed by atoms with Crippen LogP contribution < -0.4 is 16.2 Å². The normalized spacial score (nSPS) is 11.3. The number of rotatable bonds is 3. The zero-order valence-electron chi connectivity index (χ0n) is 13.4. The molecule has 134 valence electrons. The molecule has 0 saturated carbocycles. The first-order valence-electron chi connectivity index (χ1n) is 7.66. The van der Waals surface area contributed by atoms with Crippen LogP contribution in [0, 0.1) is 0 Å². The molecule has 0 spiro atoms. The predicted octanol–water partition coefficient (Wildman–Crippen LogP) is 3.87. The van der Waals surface area contributed by atoms with Crippen molar-refractivity contribution in [1.29, 1.82) is 0 Å². The van der Waals surface area contributed by atoms with Crippen LogP contribution in [-0.4, -0.2) is 11.0 Å². The van der Waals surface area contributed by atoms with Crippen LogP contribution in [0.2, 0.25) is 0 Å². The number of carbonyl (C=O) groups excluding carboxylic acids is 1. The number of H-pyrrole nitrogens is 1. The van der Waals surface area contributed by atoms with Gasteiger partial charge in [0.25, 0.3) is 5.56 Å². The van der Waals surface area contributed by atoms with Crippen LogP contribution in [0.5, 0.6) is 0 Å². The Morgan fingerprint density at radius 2 is 1.73 bits per heavy atom. The van der Waals surface area contributed by atoms with Crippen molar-refractivity contribution < 1.29 is 18.0 Å². The van der Waals surface area contributed by atoms with E-state index in [0.717, 1.165) is 12.1 Å². The molecule has 3 aromatic rings. The van der Waals surface area contributed by atoms with Crippen molar-refractivity contribution in [3.8, 4) is 0 Å². The Morgan fingerprint density at radius 1 is 1.00 bits per heavy atom. The maximum absolute atomic E-state index is 12.5. The molecule has 2 aromatic carbocycles. The Morgan fingerprint density at radius 3 is 2.42 bits per heavy atom. The summed E-state index contributed by atoms with van der Waals surface area (Å²) in [6, 6.07) is 10.6. The molecule has 3 rings (SSSR count). The van der Waals surface area contributed by atoms with Gasteiger partial charge >= 0.3 is 12.2 Å². The number of hydrogen-bond acceptors (Lipinski definition) is 2. The Labute approximate surface area is 145 Å². The first-order valence-corrected chi connectivity index (χ1v) is 7.66. The van der Waals surface area contributed by atoms with Gasteiger partial charge in [-0.05, 0) is 35.9 Å². The topological polar surface area (TPSA) is 74.0 Å². The van der Waals surface area contributed by atoms with Crippen LogP contribution in [0.1, 0.15) is 11.1 Å². The molecule has 8 heteroatoms. The lowest BCUT2D eigenvalue weighted by atomic mass is 10.1. The number of carbonyl (C=O) groups is 1. The Kier molecular flexibility index (Phi) is 4.66. The summed E-state index contributed by atoms with van der Waals surface area (Å²) in [6.07, 6.45) is -2.91. The number of benzene rings is 2. The van der Waals surface area contributed by atoms with E-state index in [1.165, 1.54) is 18.3 Å². The molecular formula is C18H14F3N3O2. The smallest absolute Gasteiger partial charge is 0.334 e. The quantitative estimate of drug-likeness (QED) is 0.663. The number of aromatic amines is 1. The largest absolute Gasteiger partial charge is 0.416 e. The van der Waals surface area contributed by atoms with Gasteiger partial charge in [-0.15, -0.1) is 0 Å². The number of amides is 2. The summed E-state index contributed by atoms with van der Waals surface area (Å²) in [5, 5.41) is 6.23. The molecule has 0 saturated heterocycles. The van der Waals surface area contributed by atoms with Gasteiger partial charge in [0.1, 0.15) is 0 Å². The highest BCUT2D eigenvalue weighted by Crippen LogP contribution is 2.29. The van der Waals surface area contributed by atoms with E-state index in [1.807, 2.05) is 0 Å². The van der Waals surface area contributed by atoms with Gasteiger partial charge in [0.2, 0.25) is 0 Å². The van der Waals surface area contributed by atoms with Gasteiger partial charge in [-0.1, -0.05) is 18.2 Å². The van der Waals surface area contributed by atoms with Crippen LogP contribution in [0.4, 0.5) is 23.7 Å². The minimum atomic E-state index is -4.39. The molecule has 5 nitrogen and oxygen atoms in total. The minimum Gasteiger partial charge on any atom is -0.334 e. The van der Waals surface area contributed by atoms with Crippen LogP contribution >= 0.6 is 0 Å². The SMILES string of the molecule is O=C(NCc1ccc(C(F)(F)F)cc1)Nc1cccc2c(=O)[nH]ccc12. The summed E-state index contributed by atoms with van der Waals surface area (Å²) in [5.41, 5.74) is -0.0241. The van der Waals surface area contributed by atoms with Crippen molar-refractivity contribution in [3.63, 3.8) is 0 Å². The first kappa shape index (κ1) is 17.5. The molecule has 0 unspecified atom stereocenters. The first-order chi connectivity index (χ1) is 12.3. The van der Waals surface area contributed by atoms with E-state index in [2.05, 4.69) is 15.6 Å². The van der Waals surface area contributed by atoms with Gasteiger partial charge in [-0.2, -0.15) is 13.2 Å². The van der Waals surface area contributed by atoms with Crippen molar-refractivity contribution in [1.82, 2.24) is 10.3 Å². The van der Waals surface area contributed by atoms with E-state index in [-0.39, 0.29) is 12.1 Å². The Balaban J connectivity index is 1.67. The lowest BCUT2D eigenvalue weighted by Crippen LogP contribution is -2.28. The van der Waals surface area contributed by atoms with Gasteiger partial charge in [-0.3, -0.25) is 4.79 Å². The number of aromatic nitrogens is 1. The molecule has 3 N–H and O–H groups in total. The maximum Gasteiger partial charge on any atom is 0.416 e. The molecule has 2 amide bonds. The molecule has 26 heavy (non-hydrogen) atoms. The van der Waals surface area contributed by atoms with Crippen molar-refractivity contribution in [2.24, 2.45) is 0 Å². The molecule has 1 heterocycles. The molecular weight excluding hydrogens is 347 g/mol. The highest BCUT2D eigenvalue weighted by Gasteiger charge is 2.29. The van der Waals surface area contributed by atoms with E-state index >= 15 is 0 Å². The molecule has 0 fully saturated rings. The number of alkyl halides is 3. The van der Waals surface area contributed by atoms with Gasteiger partial charge in [0.15, 0.2) is 0 Å². The van der Waals surface area contributed by atoms with E-state index in [9.17, 15) is 22.8 Å². The molecule has 0 atom stereocenters. The average molecular weight is 361 g/mol. The zero-order chi connectivity index (χ0) is 18.7. The monoisotopic (exact) mass is 361 g/mol. The zero-order valence-corrected chi connectivity index (χ0v) is 13.4. The second kappa shape index (κ2) is 6.91. The number of anilines is 1. The number of urea groups is 1. The summed E-state index contributed by atoms with van der Waals surface area (Å²) < 4.78 is 37.6. The minimum absolute atomic E-state index is 0.0648. The number of nitrogens with one attached hydrogen (secondary N) is 3. The fourth-order valence-electron chi connectivity index (χ4n) is 2.49. The fourth-order valence-corrected chi connectivity index (χ4v) is 2.49. The van der Waals surface area contributed by atoms with Gasteiger partial charge in [0.05, 0.1) is 11.3 Å². The third kappa shape index (κ3) is 3.85. The van der Waals surface area contributed by atoms with Crippen molar-refractivity contribution >= 4 is 22.5 Å². The van der Waals surface area contributed by atoms with Gasteiger partial charge < -0.3 is 15.6 Å². The fraction of sp³-hybridized carbons (Fsp3) is 0.111. The highest BCUT2D eigenvalue weighted by molar-refractivity contribution is 6.01. The lowest BCUT2D eigenvalue weighted by molar-refractivity contribution is -0.137. The Bertz CT molecular complexity index is 995. The highest BCUT2D eigenvalue weighted by atomic mass is 19.4. The molecule has 0 radical (unpaired) electrons. The summed E-state index contributed by atoms with van der Waals surface area (Å²) in [7, 11) is 0. The van der Waals surface area contributed by atoms with E-state index < -0.39 is 17.8 Å². The van der Waals surface area contributed by atoms with Crippen molar-refractivity contribution in [2.45, 2.75) is 12.7 Å². The van der Waals surface area contributed by atoms with E-state index in [0.29, 0.717) is 22.0 Å². The van der Waals surface area contributed by atoms with Crippen LogP contribution in [0.3, 0.4) is 0 Å². The number of fused-ring (bicyclic) bond motifs is 1. The molecule has 1 aromatic heterocycles. The summed E-state index contributed by atoms with van der Waals surface area (Å²) in [5.74, 6) is 0. The number of halogens is 3. The summed E-state index contributed by atoms with van der Waals surface area (Å²) in [4.78, 5) is 26.4. The third-order valence-corrected chi connectivity index (χ3v) is 3.80. The predicted molar refractivity (Wildman–Crippen MR) is 91.9 cm³/mol. The van der Waals surface area contributed by atoms with Crippen molar-refractivity contribution in [3.05, 3.63) is 76.2 Å². The molecule has 0 aliphatic rings. The lowest BCUT2D eigenvalue weighted by Gasteiger charge is -2.11. The van der Waals surface area contributed by atoms with Crippen LogP contribution in [-0.2, 0) is 12.7 Å². The molecule has 0 bridgehead atoms.